The molecule has 2 fully saturated rings. The lowest BCUT2D eigenvalue weighted by Gasteiger charge is -2.35. The molecule has 36 heavy (non-hydrogen) atoms. The summed E-state index contributed by atoms with van der Waals surface area (Å²) in [6.07, 6.45) is 5.13. The molecule has 11 nitrogen and oxygen atoms in total. The van der Waals surface area contributed by atoms with Gasteiger partial charge in [-0.05, 0) is 69.3 Å². The zero-order valence-corrected chi connectivity index (χ0v) is 20.5. The van der Waals surface area contributed by atoms with Crippen LogP contribution in [0.2, 0.25) is 5.02 Å². The molecule has 0 bridgehead atoms. The van der Waals surface area contributed by atoms with E-state index in [2.05, 4.69) is 41.5 Å². The van der Waals surface area contributed by atoms with Crippen molar-refractivity contribution in [2.45, 2.75) is 50.6 Å². The molecule has 1 atom stereocenters. The fraction of sp³-hybridized carbons (Fsp3) is 0.417. The first-order chi connectivity index (χ1) is 17.4. The number of primary amides is 1. The van der Waals surface area contributed by atoms with Crippen LogP contribution in [-0.4, -0.2) is 55.6 Å². The fourth-order valence-corrected chi connectivity index (χ4v) is 4.83. The first-order valence-corrected chi connectivity index (χ1v) is 12.2. The van der Waals surface area contributed by atoms with Gasteiger partial charge in [0.25, 0.3) is 17.4 Å². The van der Waals surface area contributed by atoms with Gasteiger partial charge in [-0.3, -0.25) is 9.69 Å². The van der Waals surface area contributed by atoms with Crippen molar-refractivity contribution >= 4 is 46.4 Å². The maximum absolute atomic E-state index is 11.6. The van der Waals surface area contributed by atoms with Crippen molar-refractivity contribution in [2.24, 2.45) is 5.73 Å². The SMILES string of the molecule is [C-]#[N+]c1cnc2c(NC3CC3)nc(Nc3cc(C#N)cc(C4CCN(C(C)C(N)=O)CC4)c3Cl)nn12. The minimum Gasteiger partial charge on any atom is -0.368 e. The fourth-order valence-electron chi connectivity index (χ4n) is 4.51. The average Bonchev–Trinajstić information content (AvgIpc) is 3.60. The van der Waals surface area contributed by atoms with E-state index in [9.17, 15) is 10.1 Å². The summed E-state index contributed by atoms with van der Waals surface area (Å²) >= 11 is 6.86. The van der Waals surface area contributed by atoms with Crippen molar-refractivity contribution in [1.82, 2.24) is 24.5 Å². The number of likely N-dealkylation sites (tertiary alicyclic amines) is 1. The van der Waals surface area contributed by atoms with Crippen molar-refractivity contribution in [2.75, 3.05) is 23.7 Å². The monoisotopic (exact) mass is 504 g/mol. The first-order valence-electron chi connectivity index (χ1n) is 11.8. The largest absolute Gasteiger partial charge is 0.368 e. The third kappa shape index (κ3) is 4.63. The van der Waals surface area contributed by atoms with Crippen LogP contribution < -0.4 is 16.4 Å². The third-order valence-electron chi connectivity index (χ3n) is 6.78. The number of imidazole rings is 1. The Balaban J connectivity index is 1.46. The molecule has 5 rings (SSSR count). The number of amides is 1. The van der Waals surface area contributed by atoms with E-state index < -0.39 is 0 Å². The molecule has 184 valence electrons. The number of nitrogens with zero attached hydrogens (tertiary/aromatic N) is 7. The van der Waals surface area contributed by atoms with Crippen LogP contribution in [0.4, 0.5) is 23.3 Å². The number of rotatable bonds is 7. The second-order valence-corrected chi connectivity index (χ2v) is 9.60. The molecule has 1 unspecified atom stereocenters. The highest BCUT2D eigenvalue weighted by Gasteiger charge is 2.29. The molecule has 1 amide bonds. The lowest BCUT2D eigenvalue weighted by atomic mass is 9.87. The topological polar surface area (TPSA) is 142 Å². The molecule has 1 saturated heterocycles. The molecule has 1 saturated carbocycles. The van der Waals surface area contributed by atoms with Crippen LogP contribution in [0.1, 0.15) is 49.7 Å². The Hall–Kier alpha value is -3.93. The van der Waals surface area contributed by atoms with Crippen LogP contribution in [-0.2, 0) is 4.79 Å². The minimum atomic E-state index is -0.337. The Labute approximate surface area is 213 Å². The summed E-state index contributed by atoms with van der Waals surface area (Å²) < 4.78 is 1.45. The van der Waals surface area contributed by atoms with E-state index in [4.69, 9.17) is 23.9 Å². The number of nitrogens with one attached hydrogen (secondary N) is 2. The molecule has 0 radical (unpaired) electrons. The zero-order chi connectivity index (χ0) is 25.4. The number of fused-ring (bicyclic) bond motifs is 1. The van der Waals surface area contributed by atoms with Gasteiger partial charge in [0.1, 0.15) is 0 Å². The van der Waals surface area contributed by atoms with Gasteiger partial charge in [0.05, 0.1) is 34.6 Å². The number of hydrogen-bond acceptors (Lipinski definition) is 8. The van der Waals surface area contributed by atoms with Gasteiger partial charge < -0.3 is 21.2 Å². The van der Waals surface area contributed by atoms with E-state index in [1.807, 2.05) is 13.0 Å². The molecule has 3 heterocycles. The summed E-state index contributed by atoms with van der Waals surface area (Å²) in [5.41, 5.74) is 7.79. The van der Waals surface area contributed by atoms with Gasteiger partial charge in [0.15, 0.2) is 5.82 Å². The van der Waals surface area contributed by atoms with E-state index in [-0.39, 0.29) is 29.6 Å². The highest BCUT2D eigenvalue weighted by molar-refractivity contribution is 6.34. The number of halogens is 1. The maximum Gasteiger partial charge on any atom is 0.275 e. The van der Waals surface area contributed by atoms with Crippen molar-refractivity contribution in [3.8, 4) is 6.07 Å². The molecule has 1 aliphatic carbocycles. The number of piperidine rings is 1. The van der Waals surface area contributed by atoms with Crippen LogP contribution in [0.3, 0.4) is 0 Å². The Morgan fingerprint density at radius 1 is 1.33 bits per heavy atom. The number of hydrogen-bond donors (Lipinski definition) is 3. The predicted octanol–water partition coefficient (Wildman–Crippen LogP) is 3.57. The lowest BCUT2D eigenvalue weighted by Crippen LogP contribution is -2.46. The molecule has 1 aliphatic heterocycles. The number of nitrogens with two attached hydrogens (primary N) is 1. The number of aromatic nitrogens is 4. The van der Waals surface area contributed by atoms with Gasteiger partial charge in [-0.2, -0.15) is 10.2 Å². The number of anilines is 3. The van der Waals surface area contributed by atoms with E-state index >= 15 is 0 Å². The van der Waals surface area contributed by atoms with Gasteiger partial charge in [-0.1, -0.05) is 23.3 Å². The van der Waals surface area contributed by atoms with Crippen LogP contribution >= 0.6 is 11.6 Å². The summed E-state index contributed by atoms with van der Waals surface area (Å²) in [5, 5.41) is 21.1. The van der Waals surface area contributed by atoms with Gasteiger partial charge in [0, 0.05) is 6.04 Å². The van der Waals surface area contributed by atoms with Crippen LogP contribution in [0.5, 0.6) is 0 Å². The molecule has 1 aromatic carbocycles. The maximum atomic E-state index is 11.6. The van der Waals surface area contributed by atoms with Crippen molar-refractivity contribution in [3.05, 3.63) is 45.9 Å². The van der Waals surface area contributed by atoms with Gasteiger partial charge in [-0.15, -0.1) is 4.52 Å². The van der Waals surface area contributed by atoms with Crippen molar-refractivity contribution in [3.63, 3.8) is 0 Å². The second kappa shape index (κ2) is 9.61. The molecule has 3 aromatic rings. The average molecular weight is 505 g/mol. The van der Waals surface area contributed by atoms with Gasteiger partial charge in [0.2, 0.25) is 5.91 Å². The molecular formula is C24H25ClN10O. The number of carbonyl (C=O) groups excluding carboxylic acids is 1. The predicted molar refractivity (Wildman–Crippen MR) is 135 cm³/mol. The summed E-state index contributed by atoms with van der Waals surface area (Å²) in [7, 11) is 0. The van der Waals surface area contributed by atoms with E-state index in [1.54, 1.807) is 6.07 Å². The van der Waals surface area contributed by atoms with Gasteiger partial charge in [-0.25, -0.2) is 4.98 Å². The summed E-state index contributed by atoms with van der Waals surface area (Å²) in [5.74, 6) is 0.829. The normalized spacial score (nSPS) is 17.3. The molecule has 2 aromatic heterocycles. The summed E-state index contributed by atoms with van der Waals surface area (Å²) in [6.45, 7) is 10.7. The Kier molecular flexibility index (Phi) is 6.35. The highest BCUT2D eigenvalue weighted by atomic mass is 35.5. The first kappa shape index (κ1) is 23.8. The van der Waals surface area contributed by atoms with Crippen molar-refractivity contribution in [1.29, 1.82) is 5.26 Å². The Morgan fingerprint density at radius 2 is 2.08 bits per heavy atom. The van der Waals surface area contributed by atoms with E-state index in [0.717, 1.165) is 31.2 Å². The van der Waals surface area contributed by atoms with Crippen LogP contribution in [0.25, 0.3) is 10.5 Å². The van der Waals surface area contributed by atoms with Crippen LogP contribution in [0.15, 0.2) is 18.3 Å². The van der Waals surface area contributed by atoms with E-state index in [1.165, 1.54) is 10.7 Å². The minimum absolute atomic E-state index is 0.125. The summed E-state index contributed by atoms with van der Waals surface area (Å²) in [4.78, 5) is 26.0. The van der Waals surface area contributed by atoms with E-state index in [0.29, 0.717) is 46.9 Å². The number of benzene rings is 1. The second-order valence-electron chi connectivity index (χ2n) is 9.22. The third-order valence-corrected chi connectivity index (χ3v) is 7.20. The smallest absolute Gasteiger partial charge is 0.275 e. The van der Waals surface area contributed by atoms with Gasteiger partial charge >= 0.3 is 0 Å². The molecular weight excluding hydrogens is 480 g/mol. The number of nitriles is 1. The Morgan fingerprint density at radius 3 is 2.72 bits per heavy atom. The molecule has 4 N–H and O–H groups in total. The standard InChI is InChI=1S/C24H25ClN10O/c1-13(21(27)36)34-7-5-15(6-8-34)17-9-14(11-26)10-18(20(17)25)31-24-32-22(30-16-3-4-16)23-29-12-19(28-2)35(23)33-24/h9-10,12-13,15-16H,3-8H2,1H3,(H2,27,36)(H2,30,31,32,33). The quantitative estimate of drug-likeness (QED) is 0.414. The lowest BCUT2D eigenvalue weighted by molar-refractivity contribution is -0.123. The van der Waals surface area contributed by atoms with Crippen LogP contribution in [0, 0.1) is 17.9 Å². The Bertz CT molecular complexity index is 1410. The summed E-state index contributed by atoms with van der Waals surface area (Å²) in [6, 6.07) is 5.71. The number of carbonyl (C=O) groups is 1. The van der Waals surface area contributed by atoms with Crippen molar-refractivity contribution < 1.29 is 4.79 Å². The molecule has 0 spiro atoms. The molecule has 12 heteroatoms. The zero-order valence-electron chi connectivity index (χ0n) is 19.7. The molecule has 2 aliphatic rings. The highest BCUT2D eigenvalue weighted by Crippen LogP contribution is 2.39.